The number of hydrogen-bond donors (Lipinski definition) is 1. The number of hydrogen-bond acceptors (Lipinski definition) is 2. The summed E-state index contributed by atoms with van der Waals surface area (Å²) in [6.07, 6.45) is 0.240. The molecule has 1 N–H and O–H groups in total. The van der Waals surface area contributed by atoms with Crippen LogP contribution in [-0.4, -0.2) is 22.8 Å². The van der Waals surface area contributed by atoms with Gasteiger partial charge in [0.15, 0.2) is 0 Å². The highest BCUT2D eigenvalue weighted by atomic mass is 35.5. The Morgan fingerprint density at radius 2 is 1.48 bits per heavy atom. The summed E-state index contributed by atoms with van der Waals surface area (Å²) in [5, 5.41) is 3.59. The first-order valence-corrected chi connectivity index (χ1v) is 10.7. The Balaban J connectivity index is 1.72. The number of halogens is 1. The lowest BCUT2D eigenvalue weighted by molar-refractivity contribution is -0.140. The third-order valence-electron chi connectivity index (χ3n) is 5.22. The Kier molecular flexibility index (Phi) is 7.85. The van der Waals surface area contributed by atoms with E-state index in [-0.39, 0.29) is 18.2 Å². The van der Waals surface area contributed by atoms with Crippen molar-refractivity contribution in [2.45, 2.75) is 39.4 Å². The van der Waals surface area contributed by atoms with Gasteiger partial charge in [0.05, 0.1) is 6.42 Å². The summed E-state index contributed by atoms with van der Waals surface area (Å²) in [6, 6.07) is 24.3. The van der Waals surface area contributed by atoms with Gasteiger partial charge in [-0.2, -0.15) is 0 Å². The molecule has 3 rings (SSSR count). The van der Waals surface area contributed by atoms with E-state index in [0.29, 0.717) is 18.1 Å². The van der Waals surface area contributed by atoms with Crippen LogP contribution in [0, 0.1) is 6.92 Å². The Hall–Kier alpha value is -3.11. The van der Waals surface area contributed by atoms with Crippen molar-refractivity contribution < 1.29 is 9.59 Å². The predicted octanol–water partition coefficient (Wildman–Crippen LogP) is 4.92. The highest BCUT2D eigenvalue weighted by Crippen LogP contribution is 2.15. The molecule has 0 aromatic heterocycles. The first-order valence-electron chi connectivity index (χ1n) is 10.3. The van der Waals surface area contributed by atoms with Gasteiger partial charge in [-0.25, -0.2) is 0 Å². The predicted molar refractivity (Wildman–Crippen MR) is 125 cm³/mol. The van der Waals surface area contributed by atoms with E-state index in [1.54, 1.807) is 24.0 Å². The van der Waals surface area contributed by atoms with E-state index >= 15 is 0 Å². The number of carbonyl (C=O) groups is 2. The van der Waals surface area contributed by atoms with Crippen LogP contribution in [0.5, 0.6) is 0 Å². The van der Waals surface area contributed by atoms with Gasteiger partial charge in [0.2, 0.25) is 11.8 Å². The molecule has 3 aromatic rings. The van der Waals surface area contributed by atoms with Gasteiger partial charge < -0.3 is 10.2 Å². The van der Waals surface area contributed by atoms with Crippen LogP contribution in [0.1, 0.15) is 29.2 Å². The van der Waals surface area contributed by atoms with Gasteiger partial charge in [-0.15, -0.1) is 0 Å². The van der Waals surface area contributed by atoms with E-state index in [4.69, 9.17) is 11.6 Å². The Bertz CT molecular complexity index is 1000. The van der Waals surface area contributed by atoms with Crippen LogP contribution in [0.3, 0.4) is 0 Å². The molecule has 31 heavy (non-hydrogen) atoms. The van der Waals surface area contributed by atoms with Crippen LogP contribution in [-0.2, 0) is 29.1 Å². The van der Waals surface area contributed by atoms with E-state index in [1.165, 1.54) is 5.56 Å². The molecule has 160 valence electrons. The number of nitrogens with one attached hydrogen (secondary N) is 1. The van der Waals surface area contributed by atoms with E-state index < -0.39 is 6.04 Å². The van der Waals surface area contributed by atoms with E-state index in [2.05, 4.69) is 5.32 Å². The monoisotopic (exact) mass is 434 g/mol. The number of benzene rings is 3. The zero-order valence-electron chi connectivity index (χ0n) is 17.8. The topological polar surface area (TPSA) is 49.4 Å². The molecular weight excluding hydrogens is 408 g/mol. The van der Waals surface area contributed by atoms with Crippen LogP contribution < -0.4 is 5.32 Å². The molecule has 0 saturated heterocycles. The summed E-state index contributed by atoms with van der Waals surface area (Å²) >= 11 is 6.00. The third-order valence-corrected chi connectivity index (χ3v) is 5.47. The quantitative estimate of drug-likeness (QED) is 0.546. The lowest BCUT2D eigenvalue weighted by atomic mass is 10.1. The van der Waals surface area contributed by atoms with Crippen molar-refractivity contribution in [3.8, 4) is 0 Å². The fraction of sp³-hybridized carbons (Fsp3) is 0.231. The second-order valence-electron chi connectivity index (χ2n) is 7.69. The number of rotatable bonds is 8. The lowest BCUT2D eigenvalue weighted by Crippen LogP contribution is -2.47. The normalized spacial score (nSPS) is 11.6. The average molecular weight is 435 g/mol. The van der Waals surface area contributed by atoms with E-state index in [0.717, 1.165) is 16.7 Å². The van der Waals surface area contributed by atoms with Gasteiger partial charge in [0.25, 0.3) is 0 Å². The van der Waals surface area contributed by atoms with E-state index in [1.807, 2.05) is 73.7 Å². The van der Waals surface area contributed by atoms with Crippen molar-refractivity contribution in [3.63, 3.8) is 0 Å². The number of carbonyl (C=O) groups excluding carboxylic acids is 2. The highest BCUT2D eigenvalue weighted by molar-refractivity contribution is 6.30. The van der Waals surface area contributed by atoms with Crippen LogP contribution >= 0.6 is 11.6 Å². The van der Waals surface area contributed by atoms with Crippen molar-refractivity contribution in [2.24, 2.45) is 0 Å². The maximum Gasteiger partial charge on any atom is 0.242 e. The van der Waals surface area contributed by atoms with Crippen LogP contribution in [0.4, 0.5) is 0 Å². The molecule has 0 fully saturated rings. The molecule has 3 aromatic carbocycles. The molecule has 0 aliphatic heterocycles. The van der Waals surface area contributed by atoms with Crippen molar-refractivity contribution in [2.75, 3.05) is 0 Å². The standard InChI is InChI=1S/C26H27ClN2O2/c1-19-8-10-22(11-9-19)17-28-26(31)20(2)29(18-23-12-14-24(27)15-13-23)25(30)16-21-6-4-3-5-7-21/h3-15,20H,16-18H2,1-2H3,(H,28,31)/t20-/m1/s1. The lowest BCUT2D eigenvalue weighted by Gasteiger charge is -2.29. The van der Waals surface area contributed by atoms with Crippen LogP contribution in [0.25, 0.3) is 0 Å². The first-order chi connectivity index (χ1) is 14.9. The van der Waals surface area contributed by atoms with Crippen LogP contribution in [0.2, 0.25) is 5.02 Å². The highest BCUT2D eigenvalue weighted by Gasteiger charge is 2.26. The largest absolute Gasteiger partial charge is 0.350 e. The van der Waals surface area contributed by atoms with Crippen molar-refractivity contribution in [1.82, 2.24) is 10.2 Å². The maximum atomic E-state index is 13.2. The molecule has 0 radical (unpaired) electrons. The molecule has 1 atom stereocenters. The molecular formula is C26H27ClN2O2. The molecule has 4 nitrogen and oxygen atoms in total. The fourth-order valence-corrected chi connectivity index (χ4v) is 3.41. The molecule has 0 unspecified atom stereocenters. The molecule has 2 amide bonds. The minimum atomic E-state index is -0.614. The van der Waals surface area contributed by atoms with Crippen molar-refractivity contribution in [1.29, 1.82) is 0 Å². The van der Waals surface area contributed by atoms with Crippen LogP contribution in [0.15, 0.2) is 78.9 Å². The summed E-state index contributed by atoms with van der Waals surface area (Å²) in [5.74, 6) is -0.282. The van der Waals surface area contributed by atoms with Gasteiger partial charge in [-0.1, -0.05) is 83.9 Å². The Morgan fingerprint density at radius 3 is 2.13 bits per heavy atom. The number of aryl methyl sites for hydroxylation is 1. The summed E-state index contributed by atoms with van der Waals surface area (Å²) in [5.41, 5.74) is 4.03. The second-order valence-corrected chi connectivity index (χ2v) is 8.13. The smallest absolute Gasteiger partial charge is 0.242 e. The molecule has 0 heterocycles. The zero-order valence-corrected chi connectivity index (χ0v) is 18.6. The zero-order chi connectivity index (χ0) is 22.2. The van der Waals surface area contributed by atoms with Gasteiger partial charge in [0.1, 0.15) is 6.04 Å². The Morgan fingerprint density at radius 1 is 0.871 bits per heavy atom. The number of amides is 2. The molecule has 0 saturated carbocycles. The summed E-state index contributed by atoms with van der Waals surface area (Å²) in [4.78, 5) is 27.7. The summed E-state index contributed by atoms with van der Waals surface area (Å²) < 4.78 is 0. The maximum absolute atomic E-state index is 13.2. The number of nitrogens with zero attached hydrogens (tertiary/aromatic N) is 1. The van der Waals surface area contributed by atoms with Crippen molar-refractivity contribution >= 4 is 23.4 Å². The average Bonchev–Trinajstić information content (AvgIpc) is 2.78. The second kappa shape index (κ2) is 10.8. The van der Waals surface area contributed by atoms with Gasteiger partial charge >= 0.3 is 0 Å². The Labute approximate surface area is 188 Å². The van der Waals surface area contributed by atoms with E-state index in [9.17, 15) is 9.59 Å². The minimum Gasteiger partial charge on any atom is -0.350 e. The molecule has 0 spiro atoms. The summed E-state index contributed by atoms with van der Waals surface area (Å²) in [7, 11) is 0. The minimum absolute atomic E-state index is 0.0980. The van der Waals surface area contributed by atoms with Gasteiger partial charge in [-0.3, -0.25) is 9.59 Å². The third kappa shape index (κ3) is 6.69. The van der Waals surface area contributed by atoms with Crippen molar-refractivity contribution in [3.05, 3.63) is 106 Å². The molecule has 0 aliphatic rings. The first kappa shape index (κ1) is 22.6. The molecule has 5 heteroatoms. The SMILES string of the molecule is Cc1ccc(CNC(=O)[C@@H](C)N(Cc2ccc(Cl)cc2)C(=O)Cc2ccccc2)cc1. The molecule has 0 aliphatic carbocycles. The van der Waals surface area contributed by atoms with Gasteiger partial charge in [0, 0.05) is 18.1 Å². The van der Waals surface area contributed by atoms with Gasteiger partial charge in [-0.05, 0) is 42.7 Å². The fourth-order valence-electron chi connectivity index (χ4n) is 3.28. The summed E-state index contributed by atoms with van der Waals surface area (Å²) in [6.45, 7) is 4.55. The molecule has 0 bridgehead atoms.